The largest absolute Gasteiger partial charge is 0.444 e. The van der Waals surface area contributed by atoms with Crippen LogP contribution in [0.4, 0.5) is 4.79 Å². The summed E-state index contributed by atoms with van der Waals surface area (Å²) in [5.74, 6) is -0.0837. The molecule has 1 aromatic carbocycles. The van der Waals surface area contributed by atoms with Crippen LogP contribution in [-0.4, -0.2) is 46.8 Å². The highest BCUT2D eigenvalue weighted by atomic mass is 16.6. The molecule has 0 saturated carbocycles. The summed E-state index contributed by atoms with van der Waals surface area (Å²) >= 11 is 0. The van der Waals surface area contributed by atoms with Crippen LogP contribution in [0.5, 0.6) is 0 Å². The van der Waals surface area contributed by atoms with Gasteiger partial charge in [-0.15, -0.1) is 0 Å². The van der Waals surface area contributed by atoms with Gasteiger partial charge in [-0.2, -0.15) is 0 Å². The van der Waals surface area contributed by atoms with Crippen LogP contribution in [0.15, 0.2) is 24.3 Å². The molecule has 132 valence electrons. The van der Waals surface area contributed by atoms with Crippen molar-refractivity contribution < 1.29 is 19.4 Å². The molecule has 0 saturated heterocycles. The number of aliphatic hydroxyl groups excluding tert-OH is 1. The molecule has 0 bridgehead atoms. The van der Waals surface area contributed by atoms with Crippen LogP contribution in [-0.2, 0) is 22.5 Å². The fraction of sp³-hybridized carbons (Fsp3) is 0.556. The van der Waals surface area contributed by atoms with Crippen LogP contribution in [0.2, 0.25) is 0 Å². The quantitative estimate of drug-likeness (QED) is 0.881. The first-order chi connectivity index (χ1) is 11.3. The van der Waals surface area contributed by atoms with E-state index in [4.69, 9.17) is 4.74 Å². The van der Waals surface area contributed by atoms with E-state index in [0.717, 1.165) is 12.0 Å². The Balaban J connectivity index is 1.89. The first-order valence-corrected chi connectivity index (χ1v) is 8.23. The summed E-state index contributed by atoms with van der Waals surface area (Å²) in [5.41, 5.74) is 1.80. The summed E-state index contributed by atoms with van der Waals surface area (Å²) in [7, 11) is 0. The number of nitrogens with one attached hydrogen (secondary N) is 1. The van der Waals surface area contributed by atoms with Gasteiger partial charge < -0.3 is 20.1 Å². The van der Waals surface area contributed by atoms with Gasteiger partial charge in [0.1, 0.15) is 5.60 Å². The van der Waals surface area contributed by atoms with E-state index in [1.54, 1.807) is 25.7 Å². The Kier molecular flexibility index (Phi) is 5.83. The van der Waals surface area contributed by atoms with Crippen molar-refractivity contribution in [2.75, 3.05) is 13.2 Å². The first-order valence-electron chi connectivity index (χ1n) is 8.23. The highest BCUT2D eigenvalue weighted by Gasteiger charge is 2.25. The number of fused-ring (bicyclic) bond motifs is 1. The third kappa shape index (κ3) is 5.23. The minimum absolute atomic E-state index is 0.0535. The van der Waals surface area contributed by atoms with Crippen molar-refractivity contribution in [3.63, 3.8) is 0 Å². The van der Waals surface area contributed by atoms with Crippen molar-refractivity contribution in [1.29, 1.82) is 0 Å². The lowest BCUT2D eigenvalue weighted by atomic mass is 9.99. The van der Waals surface area contributed by atoms with Crippen LogP contribution in [0.1, 0.15) is 38.3 Å². The third-order valence-corrected chi connectivity index (χ3v) is 3.85. The highest BCUT2D eigenvalue weighted by molar-refractivity contribution is 5.78. The topological polar surface area (TPSA) is 78.9 Å². The van der Waals surface area contributed by atoms with E-state index in [0.29, 0.717) is 13.1 Å². The fourth-order valence-electron chi connectivity index (χ4n) is 2.68. The van der Waals surface area contributed by atoms with Crippen molar-refractivity contribution in [1.82, 2.24) is 10.2 Å². The third-order valence-electron chi connectivity index (χ3n) is 3.85. The van der Waals surface area contributed by atoms with Gasteiger partial charge in [0.2, 0.25) is 5.91 Å². The summed E-state index contributed by atoms with van der Waals surface area (Å²) in [4.78, 5) is 26.0. The Hall–Kier alpha value is -2.08. The van der Waals surface area contributed by atoms with Crippen molar-refractivity contribution in [2.24, 2.45) is 0 Å². The van der Waals surface area contributed by atoms with Crippen LogP contribution < -0.4 is 5.32 Å². The molecule has 1 aliphatic heterocycles. The molecule has 0 spiro atoms. The number of nitrogens with zero attached hydrogens (tertiary/aromatic N) is 1. The summed E-state index contributed by atoms with van der Waals surface area (Å²) in [6.07, 6.45) is 0.252. The van der Waals surface area contributed by atoms with E-state index in [1.807, 2.05) is 18.2 Å². The van der Waals surface area contributed by atoms with Gasteiger partial charge in [0, 0.05) is 19.5 Å². The van der Waals surface area contributed by atoms with Crippen LogP contribution in [0.25, 0.3) is 0 Å². The maximum absolute atomic E-state index is 12.5. The molecule has 2 amide bonds. The zero-order valence-electron chi connectivity index (χ0n) is 14.5. The van der Waals surface area contributed by atoms with Crippen LogP contribution in [0, 0.1) is 0 Å². The number of ether oxygens (including phenoxy) is 1. The molecule has 0 aromatic heterocycles. The van der Waals surface area contributed by atoms with Gasteiger partial charge in [-0.05, 0) is 38.3 Å². The monoisotopic (exact) mass is 334 g/mol. The average Bonchev–Trinajstić information content (AvgIpc) is 2.51. The van der Waals surface area contributed by atoms with E-state index in [9.17, 15) is 14.7 Å². The molecule has 1 aromatic rings. The zero-order chi connectivity index (χ0) is 17.7. The van der Waals surface area contributed by atoms with E-state index >= 15 is 0 Å². The van der Waals surface area contributed by atoms with Gasteiger partial charge in [-0.1, -0.05) is 24.3 Å². The van der Waals surface area contributed by atoms with Crippen molar-refractivity contribution in [3.05, 3.63) is 35.4 Å². The van der Waals surface area contributed by atoms with Crippen LogP contribution >= 0.6 is 0 Å². The van der Waals surface area contributed by atoms with Gasteiger partial charge in [0.15, 0.2) is 0 Å². The smallest absolute Gasteiger partial charge is 0.407 e. The summed E-state index contributed by atoms with van der Waals surface area (Å²) in [6, 6.07) is 7.43. The van der Waals surface area contributed by atoms with Gasteiger partial charge in [0.25, 0.3) is 0 Å². The molecule has 2 N–H and O–H groups in total. The first kappa shape index (κ1) is 18.3. The molecule has 6 heteroatoms. The van der Waals surface area contributed by atoms with Gasteiger partial charge >= 0.3 is 6.09 Å². The fourth-order valence-corrected chi connectivity index (χ4v) is 2.68. The number of carbonyl (C=O) groups excluding carboxylic acids is 2. The molecule has 1 unspecified atom stereocenters. The molecule has 2 rings (SSSR count). The Labute approximate surface area is 142 Å². The number of carbonyl (C=O) groups is 2. The van der Waals surface area contributed by atoms with Gasteiger partial charge in [-0.25, -0.2) is 4.79 Å². The van der Waals surface area contributed by atoms with Crippen molar-refractivity contribution in [3.8, 4) is 0 Å². The van der Waals surface area contributed by atoms with E-state index in [2.05, 4.69) is 11.4 Å². The second-order valence-corrected chi connectivity index (χ2v) is 7.06. The predicted octanol–water partition coefficient (Wildman–Crippen LogP) is 1.85. The normalized spacial score (nSPS) is 15.4. The number of hydrogen-bond acceptors (Lipinski definition) is 4. The molecule has 1 aliphatic rings. The number of benzene rings is 1. The lowest BCUT2D eigenvalue weighted by Crippen LogP contribution is -2.45. The Morgan fingerprint density at radius 1 is 1.29 bits per heavy atom. The second kappa shape index (κ2) is 7.66. The Morgan fingerprint density at radius 2 is 1.96 bits per heavy atom. The maximum Gasteiger partial charge on any atom is 0.407 e. The molecule has 0 radical (unpaired) electrons. The van der Waals surface area contributed by atoms with Crippen molar-refractivity contribution >= 4 is 12.0 Å². The second-order valence-electron chi connectivity index (χ2n) is 7.06. The van der Waals surface area contributed by atoms with Gasteiger partial charge in [0.05, 0.1) is 12.6 Å². The lowest BCUT2D eigenvalue weighted by Gasteiger charge is -2.30. The molecular formula is C18H26N2O4. The lowest BCUT2D eigenvalue weighted by molar-refractivity contribution is -0.132. The molecule has 0 fully saturated rings. The molecule has 1 heterocycles. The number of hydrogen-bond donors (Lipinski definition) is 2. The van der Waals surface area contributed by atoms with Crippen LogP contribution in [0.3, 0.4) is 0 Å². The Bertz CT molecular complexity index is 595. The molecular weight excluding hydrogens is 308 g/mol. The summed E-state index contributed by atoms with van der Waals surface area (Å²) in [5, 5.41) is 12.0. The number of alkyl carbamates (subject to hydrolysis) is 1. The zero-order valence-corrected chi connectivity index (χ0v) is 14.5. The average molecular weight is 334 g/mol. The standard InChI is InChI=1S/C18H26N2O4/c1-18(2,3)24-17(23)19-15(12-21)10-16(22)20-9-8-13-6-4-5-7-14(13)11-20/h4-7,15,21H,8-12H2,1-3H3,(H,19,23). The SMILES string of the molecule is CC(C)(C)OC(=O)NC(CO)CC(=O)N1CCc2ccccc2C1. The summed E-state index contributed by atoms with van der Waals surface area (Å²) < 4.78 is 5.16. The van der Waals surface area contributed by atoms with Gasteiger partial charge in [-0.3, -0.25) is 4.79 Å². The Morgan fingerprint density at radius 3 is 2.58 bits per heavy atom. The summed E-state index contributed by atoms with van der Waals surface area (Å²) in [6.45, 7) is 6.19. The minimum Gasteiger partial charge on any atom is -0.444 e. The molecule has 6 nitrogen and oxygen atoms in total. The van der Waals surface area contributed by atoms with E-state index in [1.165, 1.54) is 5.56 Å². The molecule has 24 heavy (non-hydrogen) atoms. The van der Waals surface area contributed by atoms with E-state index < -0.39 is 17.7 Å². The minimum atomic E-state index is -0.649. The predicted molar refractivity (Wildman–Crippen MR) is 90.4 cm³/mol. The molecule has 1 atom stereocenters. The number of amides is 2. The number of aliphatic hydroxyl groups is 1. The number of rotatable bonds is 4. The van der Waals surface area contributed by atoms with E-state index in [-0.39, 0.29) is 18.9 Å². The van der Waals surface area contributed by atoms with Crippen molar-refractivity contribution in [2.45, 2.75) is 51.8 Å². The molecule has 0 aliphatic carbocycles. The highest BCUT2D eigenvalue weighted by Crippen LogP contribution is 2.19. The maximum atomic E-state index is 12.5.